The predicted octanol–water partition coefficient (Wildman–Crippen LogP) is 2.38. The first-order valence-electron chi connectivity index (χ1n) is 8.06. The molecule has 26 heavy (non-hydrogen) atoms. The van der Waals surface area contributed by atoms with Gasteiger partial charge >= 0.3 is 0 Å². The van der Waals surface area contributed by atoms with E-state index in [-0.39, 0.29) is 35.4 Å². The summed E-state index contributed by atoms with van der Waals surface area (Å²) >= 11 is 0. The maximum atomic E-state index is 12.7. The Balaban J connectivity index is 1.90. The van der Waals surface area contributed by atoms with E-state index >= 15 is 0 Å². The highest BCUT2D eigenvalue weighted by molar-refractivity contribution is 7.89. The van der Waals surface area contributed by atoms with E-state index in [1.54, 1.807) is 19.1 Å². The van der Waals surface area contributed by atoms with Crippen LogP contribution in [-0.4, -0.2) is 43.9 Å². The molecule has 2 aromatic rings. The van der Waals surface area contributed by atoms with Crippen LogP contribution in [0.2, 0.25) is 0 Å². The van der Waals surface area contributed by atoms with Crippen molar-refractivity contribution in [1.29, 1.82) is 0 Å². The third-order valence-corrected chi connectivity index (χ3v) is 6.01. The van der Waals surface area contributed by atoms with Crippen LogP contribution in [0.5, 0.6) is 0 Å². The molecule has 1 aliphatic rings. The fraction of sp³-hybridized carbons (Fsp3) is 0.375. The Bertz CT molecular complexity index is 875. The van der Waals surface area contributed by atoms with Gasteiger partial charge in [-0.25, -0.2) is 8.42 Å². The van der Waals surface area contributed by atoms with Crippen LogP contribution in [0, 0.1) is 10.1 Å². The lowest BCUT2D eigenvalue weighted by Crippen LogP contribution is -2.40. The topological polar surface area (TPSA) is 115 Å². The average Bonchev–Trinajstić information content (AvgIpc) is 3.17. The molecular weight excluding hydrogens is 362 g/mol. The molecule has 2 heterocycles. The summed E-state index contributed by atoms with van der Waals surface area (Å²) in [6, 6.07) is 7.02. The number of anilines is 1. The molecule has 1 atom stereocenters. The molecular formula is C16H19N3O6S. The van der Waals surface area contributed by atoms with Gasteiger partial charge < -0.3 is 14.5 Å². The number of furan rings is 1. The number of ether oxygens (including phenoxy) is 1. The summed E-state index contributed by atoms with van der Waals surface area (Å²) in [6.07, 6.45) is 1.51. The second-order valence-electron chi connectivity index (χ2n) is 5.83. The normalized spacial score (nSPS) is 17.0. The number of nitrogens with zero attached hydrogens (tertiary/aromatic N) is 2. The van der Waals surface area contributed by atoms with E-state index in [4.69, 9.17) is 9.15 Å². The van der Waals surface area contributed by atoms with Crippen molar-refractivity contribution in [2.24, 2.45) is 0 Å². The van der Waals surface area contributed by atoms with Crippen molar-refractivity contribution >= 4 is 21.4 Å². The minimum Gasteiger partial charge on any atom is -0.467 e. The number of rotatable bonds is 6. The highest BCUT2D eigenvalue weighted by Gasteiger charge is 2.29. The van der Waals surface area contributed by atoms with Crippen molar-refractivity contribution in [1.82, 2.24) is 4.31 Å². The van der Waals surface area contributed by atoms with Crippen LogP contribution in [0.4, 0.5) is 11.4 Å². The molecule has 0 radical (unpaired) electrons. The summed E-state index contributed by atoms with van der Waals surface area (Å²) in [5.41, 5.74) is -0.0856. The molecule has 1 saturated heterocycles. The van der Waals surface area contributed by atoms with E-state index in [2.05, 4.69) is 5.32 Å². The van der Waals surface area contributed by atoms with Gasteiger partial charge in [0.1, 0.15) is 11.4 Å². The molecule has 0 spiro atoms. The summed E-state index contributed by atoms with van der Waals surface area (Å²) in [5.74, 6) is 0.615. The van der Waals surface area contributed by atoms with Gasteiger partial charge in [-0.2, -0.15) is 4.31 Å². The number of nitro benzene ring substituents is 1. The molecule has 1 fully saturated rings. The molecule has 1 N–H and O–H groups in total. The standard InChI is InChI=1S/C16H19N3O6S/c1-12(16-3-2-8-25-16)17-14-5-4-13(11-15(14)19(20)21)26(22,23)18-6-9-24-10-7-18/h2-5,8,11-12,17H,6-7,9-10H2,1H3/t12-/m0/s1. The van der Waals surface area contributed by atoms with E-state index in [1.807, 2.05) is 0 Å². The van der Waals surface area contributed by atoms with Crippen LogP contribution in [-0.2, 0) is 14.8 Å². The predicted molar refractivity (Wildman–Crippen MR) is 93.4 cm³/mol. The summed E-state index contributed by atoms with van der Waals surface area (Å²) in [4.78, 5) is 10.7. The average molecular weight is 381 g/mol. The van der Waals surface area contributed by atoms with Crippen molar-refractivity contribution in [3.63, 3.8) is 0 Å². The van der Waals surface area contributed by atoms with Gasteiger partial charge in [-0.3, -0.25) is 10.1 Å². The second kappa shape index (κ2) is 7.44. The Kier molecular flexibility index (Phi) is 5.25. The van der Waals surface area contributed by atoms with Crippen molar-refractivity contribution in [2.45, 2.75) is 17.9 Å². The Morgan fingerprint density at radius 3 is 2.62 bits per heavy atom. The molecule has 0 saturated carbocycles. The zero-order chi connectivity index (χ0) is 18.7. The quantitative estimate of drug-likeness (QED) is 0.603. The lowest BCUT2D eigenvalue weighted by atomic mass is 10.2. The number of sulfonamides is 1. The number of benzene rings is 1. The van der Waals surface area contributed by atoms with Gasteiger partial charge in [-0.15, -0.1) is 0 Å². The third kappa shape index (κ3) is 3.71. The van der Waals surface area contributed by atoms with Crippen molar-refractivity contribution < 1.29 is 22.5 Å². The lowest BCUT2D eigenvalue weighted by molar-refractivity contribution is -0.384. The van der Waals surface area contributed by atoms with Crippen LogP contribution in [0.1, 0.15) is 18.7 Å². The first-order chi connectivity index (χ1) is 12.4. The second-order valence-corrected chi connectivity index (χ2v) is 7.77. The minimum atomic E-state index is -3.80. The molecule has 10 heteroatoms. The van der Waals surface area contributed by atoms with E-state index in [0.29, 0.717) is 19.0 Å². The first-order valence-corrected chi connectivity index (χ1v) is 9.50. The van der Waals surface area contributed by atoms with Gasteiger partial charge in [0.25, 0.3) is 5.69 Å². The molecule has 140 valence electrons. The van der Waals surface area contributed by atoms with Gasteiger partial charge in [-0.05, 0) is 31.2 Å². The Morgan fingerprint density at radius 2 is 2.00 bits per heavy atom. The summed E-state index contributed by atoms with van der Waals surface area (Å²) < 4.78 is 37.1. The molecule has 3 rings (SSSR count). The molecule has 0 aliphatic carbocycles. The zero-order valence-corrected chi connectivity index (χ0v) is 14.9. The van der Waals surface area contributed by atoms with Gasteiger partial charge in [0.05, 0.1) is 35.3 Å². The van der Waals surface area contributed by atoms with Gasteiger partial charge in [0.15, 0.2) is 0 Å². The van der Waals surface area contributed by atoms with Crippen molar-refractivity contribution in [3.05, 3.63) is 52.5 Å². The third-order valence-electron chi connectivity index (χ3n) is 4.12. The molecule has 1 aliphatic heterocycles. The van der Waals surface area contributed by atoms with Crippen LogP contribution < -0.4 is 5.32 Å². The van der Waals surface area contributed by atoms with E-state index in [1.165, 1.54) is 22.7 Å². The number of nitro groups is 1. The van der Waals surface area contributed by atoms with Crippen molar-refractivity contribution in [2.75, 3.05) is 31.6 Å². The van der Waals surface area contributed by atoms with Crippen LogP contribution in [0.15, 0.2) is 45.9 Å². The lowest BCUT2D eigenvalue weighted by Gasteiger charge is -2.26. The maximum absolute atomic E-state index is 12.7. The van der Waals surface area contributed by atoms with Gasteiger partial charge in [0.2, 0.25) is 10.0 Å². The van der Waals surface area contributed by atoms with Crippen LogP contribution in [0.3, 0.4) is 0 Å². The minimum absolute atomic E-state index is 0.109. The van der Waals surface area contributed by atoms with Crippen LogP contribution >= 0.6 is 0 Å². The zero-order valence-electron chi connectivity index (χ0n) is 14.1. The number of hydrogen-bond donors (Lipinski definition) is 1. The molecule has 0 bridgehead atoms. The van der Waals surface area contributed by atoms with Gasteiger partial charge in [0, 0.05) is 19.2 Å². The van der Waals surface area contributed by atoms with E-state index < -0.39 is 14.9 Å². The summed E-state index contributed by atoms with van der Waals surface area (Å²) in [6.45, 7) is 2.86. The van der Waals surface area contributed by atoms with E-state index in [9.17, 15) is 18.5 Å². The van der Waals surface area contributed by atoms with E-state index in [0.717, 1.165) is 6.07 Å². The number of morpholine rings is 1. The maximum Gasteiger partial charge on any atom is 0.293 e. The molecule has 1 aromatic heterocycles. The fourth-order valence-corrected chi connectivity index (χ4v) is 4.15. The SMILES string of the molecule is C[C@H](Nc1ccc(S(=O)(=O)N2CCOCC2)cc1[N+](=O)[O-])c1ccco1. The number of nitrogens with one attached hydrogen (secondary N) is 1. The molecule has 0 unspecified atom stereocenters. The largest absolute Gasteiger partial charge is 0.467 e. The molecule has 0 amide bonds. The van der Waals surface area contributed by atoms with Crippen molar-refractivity contribution in [3.8, 4) is 0 Å². The highest BCUT2D eigenvalue weighted by Crippen LogP contribution is 2.31. The smallest absolute Gasteiger partial charge is 0.293 e. The van der Waals surface area contributed by atoms with Gasteiger partial charge in [-0.1, -0.05) is 0 Å². The summed E-state index contributed by atoms with van der Waals surface area (Å²) in [5, 5.41) is 14.4. The molecule has 1 aromatic carbocycles. The summed E-state index contributed by atoms with van der Waals surface area (Å²) in [7, 11) is -3.80. The Labute approximate surface area is 150 Å². The van der Waals surface area contributed by atoms with Crippen LogP contribution in [0.25, 0.3) is 0 Å². The fourth-order valence-electron chi connectivity index (χ4n) is 2.72. The Hall–Kier alpha value is -2.43. The first kappa shape index (κ1) is 18.4. The number of hydrogen-bond acceptors (Lipinski definition) is 7. The Morgan fingerprint density at radius 1 is 1.27 bits per heavy atom. The molecule has 9 nitrogen and oxygen atoms in total. The highest BCUT2D eigenvalue weighted by atomic mass is 32.2. The monoisotopic (exact) mass is 381 g/mol.